The molecule has 1 unspecified atom stereocenters. The Hall–Kier alpha value is -1.60. The molecule has 0 bridgehead atoms. The van der Waals surface area contributed by atoms with Crippen molar-refractivity contribution >= 4 is 0 Å². The molecule has 0 radical (unpaired) electrons. The number of rotatable bonds is 4. The highest BCUT2D eigenvalue weighted by molar-refractivity contribution is 5.35. The molecule has 0 heterocycles. The van der Waals surface area contributed by atoms with Gasteiger partial charge in [0.1, 0.15) is 0 Å². The van der Waals surface area contributed by atoms with Gasteiger partial charge < -0.3 is 5.11 Å². The first kappa shape index (κ1) is 12.4. The molecule has 1 aliphatic carbocycles. The van der Waals surface area contributed by atoms with Gasteiger partial charge in [-0.05, 0) is 54.4 Å². The van der Waals surface area contributed by atoms with E-state index < -0.39 is 0 Å². The van der Waals surface area contributed by atoms with Gasteiger partial charge in [-0.1, -0.05) is 48.5 Å². The Labute approximate surface area is 114 Å². The quantitative estimate of drug-likeness (QED) is 0.885. The highest BCUT2D eigenvalue weighted by Gasteiger charge is 2.12. The van der Waals surface area contributed by atoms with Crippen LogP contribution in [0.2, 0.25) is 0 Å². The van der Waals surface area contributed by atoms with E-state index in [2.05, 4.69) is 30.3 Å². The van der Waals surface area contributed by atoms with Gasteiger partial charge in [0.05, 0.1) is 6.10 Å². The molecule has 19 heavy (non-hydrogen) atoms. The topological polar surface area (TPSA) is 20.2 Å². The van der Waals surface area contributed by atoms with Crippen LogP contribution in [0.15, 0.2) is 48.5 Å². The van der Waals surface area contributed by atoms with Crippen molar-refractivity contribution in [1.82, 2.24) is 0 Å². The van der Waals surface area contributed by atoms with Gasteiger partial charge in [-0.2, -0.15) is 0 Å². The fraction of sp³-hybridized carbons (Fsp3) is 0.333. The number of benzene rings is 2. The highest BCUT2D eigenvalue weighted by atomic mass is 16.3. The van der Waals surface area contributed by atoms with Crippen LogP contribution in [-0.2, 0) is 25.7 Å². The van der Waals surface area contributed by atoms with Gasteiger partial charge in [0.2, 0.25) is 0 Å². The van der Waals surface area contributed by atoms with Crippen molar-refractivity contribution < 1.29 is 5.11 Å². The van der Waals surface area contributed by atoms with Crippen molar-refractivity contribution in [1.29, 1.82) is 0 Å². The van der Waals surface area contributed by atoms with Crippen molar-refractivity contribution in [2.45, 2.75) is 38.2 Å². The molecule has 0 saturated carbocycles. The Morgan fingerprint density at radius 1 is 0.842 bits per heavy atom. The lowest BCUT2D eigenvalue weighted by Gasteiger charge is -2.12. The molecule has 0 aromatic heterocycles. The second kappa shape index (κ2) is 5.58. The summed E-state index contributed by atoms with van der Waals surface area (Å²) in [6.45, 7) is 0. The molecule has 1 nitrogen and oxygen atoms in total. The molecule has 2 aromatic rings. The summed E-state index contributed by atoms with van der Waals surface area (Å²) >= 11 is 0. The summed E-state index contributed by atoms with van der Waals surface area (Å²) in [5.74, 6) is 0. The molecule has 3 rings (SSSR count). The molecule has 1 aliphatic rings. The number of aliphatic hydroxyl groups excluding tert-OH is 1. The van der Waals surface area contributed by atoms with E-state index in [0.29, 0.717) is 0 Å². The summed E-state index contributed by atoms with van der Waals surface area (Å²) in [4.78, 5) is 0. The maximum absolute atomic E-state index is 10.2. The van der Waals surface area contributed by atoms with Crippen molar-refractivity contribution in [2.24, 2.45) is 0 Å². The van der Waals surface area contributed by atoms with Gasteiger partial charge in [-0.25, -0.2) is 0 Å². The Morgan fingerprint density at radius 2 is 1.58 bits per heavy atom. The zero-order valence-electron chi connectivity index (χ0n) is 11.2. The van der Waals surface area contributed by atoms with Gasteiger partial charge in [-0.3, -0.25) is 0 Å². The number of hydrogen-bond donors (Lipinski definition) is 1. The molecule has 1 N–H and O–H groups in total. The van der Waals surface area contributed by atoms with Crippen LogP contribution in [0, 0.1) is 0 Å². The second-order valence-corrected chi connectivity index (χ2v) is 5.50. The normalized spacial score (nSPS) is 15.2. The van der Waals surface area contributed by atoms with Crippen LogP contribution in [0.1, 0.15) is 28.7 Å². The van der Waals surface area contributed by atoms with Gasteiger partial charge in [0.15, 0.2) is 0 Å². The Morgan fingerprint density at radius 3 is 2.42 bits per heavy atom. The Bertz CT molecular complexity index is 545. The van der Waals surface area contributed by atoms with Gasteiger partial charge in [0.25, 0.3) is 0 Å². The van der Waals surface area contributed by atoms with Crippen LogP contribution < -0.4 is 0 Å². The lowest BCUT2D eigenvalue weighted by Crippen LogP contribution is -2.14. The fourth-order valence-corrected chi connectivity index (χ4v) is 2.98. The predicted octanol–water partition coefficient (Wildman–Crippen LogP) is 3.32. The van der Waals surface area contributed by atoms with Crippen LogP contribution in [0.4, 0.5) is 0 Å². The van der Waals surface area contributed by atoms with Gasteiger partial charge in [0, 0.05) is 0 Å². The molecule has 0 saturated heterocycles. The van der Waals surface area contributed by atoms with Crippen molar-refractivity contribution in [3.8, 4) is 0 Å². The second-order valence-electron chi connectivity index (χ2n) is 5.50. The van der Waals surface area contributed by atoms with Crippen LogP contribution in [0.25, 0.3) is 0 Å². The number of hydrogen-bond acceptors (Lipinski definition) is 1. The molecule has 98 valence electrons. The molecule has 0 aliphatic heterocycles. The molecule has 0 spiro atoms. The predicted molar refractivity (Wildman–Crippen MR) is 78.3 cm³/mol. The van der Waals surface area contributed by atoms with E-state index in [1.54, 1.807) is 0 Å². The minimum Gasteiger partial charge on any atom is -0.392 e. The number of fused-ring (bicyclic) bond motifs is 1. The minimum atomic E-state index is -0.290. The molecule has 2 aromatic carbocycles. The average Bonchev–Trinajstić information content (AvgIpc) is 2.87. The van der Waals surface area contributed by atoms with Crippen LogP contribution in [0.3, 0.4) is 0 Å². The third kappa shape index (κ3) is 3.05. The van der Waals surface area contributed by atoms with E-state index in [0.717, 1.165) is 12.8 Å². The third-order valence-electron chi connectivity index (χ3n) is 3.95. The van der Waals surface area contributed by atoms with E-state index in [1.807, 2.05) is 18.2 Å². The highest BCUT2D eigenvalue weighted by Crippen LogP contribution is 2.23. The van der Waals surface area contributed by atoms with E-state index in [-0.39, 0.29) is 6.10 Å². The Balaban J connectivity index is 1.65. The summed E-state index contributed by atoms with van der Waals surface area (Å²) in [6, 6.07) is 16.9. The summed E-state index contributed by atoms with van der Waals surface area (Å²) in [5.41, 5.74) is 5.46. The largest absolute Gasteiger partial charge is 0.392 e. The average molecular weight is 252 g/mol. The van der Waals surface area contributed by atoms with Gasteiger partial charge >= 0.3 is 0 Å². The van der Waals surface area contributed by atoms with Crippen molar-refractivity contribution in [3.05, 3.63) is 70.8 Å². The summed E-state index contributed by atoms with van der Waals surface area (Å²) in [5, 5.41) is 10.2. The maximum atomic E-state index is 10.2. The zero-order chi connectivity index (χ0) is 13.1. The van der Waals surface area contributed by atoms with Crippen LogP contribution in [0.5, 0.6) is 0 Å². The lowest BCUT2D eigenvalue weighted by molar-refractivity contribution is 0.175. The lowest BCUT2D eigenvalue weighted by atomic mass is 9.98. The number of aliphatic hydroxyl groups is 1. The smallest absolute Gasteiger partial charge is 0.0620 e. The maximum Gasteiger partial charge on any atom is 0.0620 e. The first-order valence-electron chi connectivity index (χ1n) is 7.14. The monoisotopic (exact) mass is 252 g/mol. The van der Waals surface area contributed by atoms with E-state index in [9.17, 15) is 5.11 Å². The molecule has 1 heteroatoms. The molecule has 0 amide bonds. The van der Waals surface area contributed by atoms with Crippen LogP contribution >= 0.6 is 0 Å². The molecular formula is C18H20O. The first-order valence-corrected chi connectivity index (χ1v) is 7.14. The fourth-order valence-electron chi connectivity index (χ4n) is 2.98. The summed E-state index contributed by atoms with van der Waals surface area (Å²) in [6.07, 6.45) is 4.91. The summed E-state index contributed by atoms with van der Waals surface area (Å²) < 4.78 is 0. The van der Waals surface area contributed by atoms with E-state index >= 15 is 0 Å². The number of aryl methyl sites for hydroxylation is 2. The Kier molecular flexibility index (Phi) is 3.65. The molecular weight excluding hydrogens is 232 g/mol. The van der Waals surface area contributed by atoms with Gasteiger partial charge in [-0.15, -0.1) is 0 Å². The van der Waals surface area contributed by atoms with Crippen LogP contribution in [-0.4, -0.2) is 11.2 Å². The van der Waals surface area contributed by atoms with Crippen molar-refractivity contribution in [3.63, 3.8) is 0 Å². The molecule has 0 fully saturated rings. The van der Waals surface area contributed by atoms with E-state index in [1.165, 1.54) is 41.5 Å². The SMILES string of the molecule is OC(Cc1ccccc1)Cc1ccc2c(c1)CCC2. The first-order chi connectivity index (χ1) is 9.31. The molecule has 1 atom stereocenters. The third-order valence-corrected chi connectivity index (χ3v) is 3.95. The van der Waals surface area contributed by atoms with E-state index in [4.69, 9.17) is 0 Å². The zero-order valence-corrected chi connectivity index (χ0v) is 11.2. The standard InChI is InChI=1S/C18H20O/c19-18(12-14-5-2-1-3-6-14)13-15-9-10-16-7-4-8-17(16)11-15/h1-3,5-6,9-11,18-19H,4,7-8,12-13H2. The van der Waals surface area contributed by atoms with Crippen molar-refractivity contribution in [2.75, 3.05) is 0 Å². The minimum absolute atomic E-state index is 0.290. The summed E-state index contributed by atoms with van der Waals surface area (Å²) in [7, 11) is 0.